The van der Waals surface area contributed by atoms with E-state index >= 15 is 0 Å². The van der Waals surface area contributed by atoms with Gasteiger partial charge in [-0.1, -0.05) is 19.1 Å². The molecule has 4 nitrogen and oxygen atoms in total. The van der Waals surface area contributed by atoms with Crippen molar-refractivity contribution in [2.75, 3.05) is 34.4 Å². The molecule has 4 rings (SSSR count). The Morgan fingerprint density at radius 1 is 1.00 bits per heavy atom. The van der Waals surface area contributed by atoms with E-state index in [9.17, 15) is 0 Å². The van der Waals surface area contributed by atoms with Crippen LogP contribution in [0.25, 0.3) is 0 Å². The fraction of sp³-hybridized carbons (Fsp3) is 0.478. The van der Waals surface area contributed by atoms with E-state index in [-0.39, 0.29) is 5.41 Å². The number of rotatable bonds is 5. The first kappa shape index (κ1) is 18.2. The van der Waals surface area contributed by atoms with Crippen LogP contribution in [0.2, 0.25) is 0 Å². The molecule has 1 aliphatic carbocycles. The van der Waals surface area contributed by atoms with Gasteiger partial charge < -0.3 is 14.2 Å². The van der Waals surface area contributed by atoms with Crippen LogP contribution in [0.1, 0.15) is 30.0 Å². The molecular weight excluding hydrogens is 338 g/mol. The van der Waals surface area contributed by atoms with Crippen molar-refractivity contribution in [3.05, 3.63) is 53.1 Å². The average molecular weight is 367 g/mol. The summed E-state index contributed by atoms with van der Waals surface area (Å²) >= 11 is 0. The third-order valence-electron chi connectivity index (χ3n) is 6.19. The predicted octanol–water partition coefficient (Wildman–Crippen LogP) is 4.05. The van der Waals surface area contributed by atoms with Crippen molar-refractivity contribution in [2.24, 2.45) is 5.92 Å². The number of ether oxygens (including phenoxy) is 3. The molecule has 4 heteroatoms. The lowest BCUT2D eigenvalue weighted by atomic mass is 9.64. The van der Waals surface area contributed by atoms with Gasteiger partial charge in [-0.3, -0.25) is 4.90 Å². The quantitative estimate of drug-likeness (QED) is 0.798. The van der Waals surface area contributed by atoms with Crippen molar-refractivity contribution < 1.29 is 14.2 Å². The van der Waals surface area contributed by atoms with Crippen molar-refractivity contribution >= 4 is 0 Å². The molecule has 1 fully saturated rings. The normalized spacial score (nSPS) is 24.2. The summed E-state index contributed by atoms with van der Waals surface area (Å²) in [5.41, 5.74) is 4.38. The Balaban J connectivity index is 1.58. The number of fused-ring (bicyclic) bond motifs is 4. The van der Waals surface area contributed by atoms with Crippen LogP contribution in [-0.2, 0) is 18.4 Å². The van der Waals surface area contributed by atoms with Crippen LogP contribution in [-0.4, -0.2) is 39.3 Å². The number of nitrogens with zero attached hydrogens (tertiary/aromatic N) is 1. The molecule has 0 saturated carbocycles. The van der Waals surface area contributed by atoms with Crippen LogP contribution < -0.4 is 14.2 Å². The maximum Gasteiger partial charge on any atom is 0.127 e. The van der Waals surface area contributed by atoms with Crippen molar-refractivity contribution in [2.45, 2.75) is 31.7 Å². The fourth-order valence-electron chi connectivity index (χ4n) is 5.13. The molecule has 2 bridgehead atoms. The lowest BCUT2D eigenvalue weighted by Gasteiger charge is -2.49. The molecule has 1 aliphatic heterocycles. The van der Waals surface area contributed by atoms with Crippen molar-refractivity contribution in [3.63, 3.8) is 0 Å². The third-order valence-corrected chi connectivity index (χ3v) is 6.19. The summed E-state index contributed by atoms with van der Waals surface area (Å²) in [5.74, 6) is 3.39. The lowest BCUT2D eigenvalue weighted by Crippen LogP contribution is -2.51. The number of benzene rings is 2. The molecule has 0 radical (unpaired) electrons. The lowest BCUT2D eigenvalue weighted by molar-refractivity contribution is 0.0900. The van der Waals surface area contributed by atoms with E-state index in [0.717, 1.165) is 43.3 Å². The van der Waals surface area contributed by atoms with Gasteiger partial charge in [-0.05, 0) is 48.1 Å². The Hall–Kier alpha value is -2.20. The molecule has 0 N–H and O–H groups in total. The molecule has 0 spiro atoms. The highest BCUT2D eigenvalue weighted by Gasteiger charge is 2.42. The molecule has 0 unspecified atom stereocenters. The summed E-state index contributed by atoms with van der Waals surface area (Å²) in [6.07, 6.45) is 2.40. The van der Waals surface area contributed by atoms with E-state index < -0.39 is 0 Å². The summed E-state index contributed by atoms with van der Waals surface area (Å²) in [6, 6.07) is 12.7. The molecular formula is C23H29NO3. The van der Waals surface area contributed by atoms with Gasteiger partial charge >= 0.3 is 0 Å². The average Bonchev–Trinajstić information content (AvgIpc) is 2.67. The summed E-state index contributed by atoms with van der Waals surface area (Å²) in [6.45, 7) is 5.52. The highest BCUT2D eigenvalue weighted by Crippen LogP contribution is 2.45. The maximum absolute atomic E-state index is 5.61. The summed E-state index contributed by atoms with van der Waals surface area (Å²) in [7, 11) is 5.17. The Bertz CT molecular complexity index is 834. The second kappa shape index (κ2) is 7.08. The Labute approximate surface area is 162 Å². The molecule has 2 aromatic rings. The SMILES string of the molecule is COc1ccc2c(c1)C[C@H]1CN(Cc3ccc(OC)cc3OC)C[C@]2(C)C1. The number of hydrogen-bond donors (Lipinski definition) is 0. The number of piperidine rings is 1. The second-order valence-corrected chi connectivity index (χ2v) is 8.21. The number of hydrogen-bond acceptors (Lipinski definition) is 4. The fourth-order valence-corrected chi connectivity index (χ4v) is 5.13. The molecule has 2 aliphatic rings. The summed E-state index contributed by atoms with van der Waals surface area (Å²) < 4.78 is 16.4. The van der Waals surface area contributed by atoms with Gasteiger partial charge in [-0.25, -0.2) is 0 Å². The number of methoxy groups -OCH3 is 3. The largest absolute Gasteiger partial charge is 0.497 e. The highest BCUT2D eigenvalue weighted by atomic mass is 16.5. The first-order valence-corrected chi connectivity index (χ1v) is 9.65. The summed E-state index contributed by atoms with van der Waals surface area (Å²) in [5, 5.41) is 0. The minimum absolute atomic E-state index is 0.197. The smallest absolute Gasteiger partial charge is 0.127 e. The van der Waals surface area contributed by atoms with E-state index in [0.29, 0.717) is 5.92 Å². The van der Waals surface area contributed by atoms with Gasteiger partial charge in [0, 0.05) is 36.7 Å². The molecule has 144 valence electrons. The van der Waals surface area contributed by atoms with Gasteiger partial charge in [0.25, 0.3) is 0 Å². The van der Waals surface area contributed by atoms with E-state index in [1.807, 2.05) is 12.1 Å². The maximum atomic E-state index is 5.61. The Morgan fingerprint density at radius 2 is 1.74 bits per heavy atom. The topological polar surface area (TPSA) is 30.9 Å². The molecule has 1 saturated heterocycles. The first-order chi connectivity index (χ1) is 13.0. The first-order valence-electron chi connectivity index (χ1n) is 9.65. The Kier molecular flexibility index (Phi) is 4.77. The van der Waals surface area contributed by atoms with Crippen LogP contribution in [0.3, 0.4) is 0 Å². The highest BCUT2D eigenvalue weighted by molar-refractivity contribution is 5.44. The van der Waals surface area contributed by atoms with Crippen LogP contribution in [0.5, 0.6) is 17.2 Å². The van der Waals surface area contributed by atoms with Crippen LogP contribution in [0, 0.1) is 5.92 Å². The van der Waals surface area contributed by atoms with E-state index in [4.69, 9.17) is 14.2 Å². The molecule has 27 heavy (non-hydrogen) atoms. The van der Waals surface area contributed by atoms with Gasteiger partial charge in [0.05, 0.1) is 21.3 Å². The van der Waals surface area contributed by atoms with Crippen LogP contribution >= 0.6 is 0 Å². The molecule has 2 atom stereocenters. The van der Waals surface area contributed by atoms with Gasteiger partial charge in [-0.15, -0.1) is 0 Å². The molecule has 1 heterocycles. The zero-order valence-corrected chi connectivity index (χ0v) is 16.7. The van der Waals surface area contributed by atoms with E-state index in [1.54, 1.807) is 21.3 Å². The summed E-state index contributed by atoms with van der Waals surface area (Å²) in [4.78, 5) is 2.59. The third kappa shape index (κ3) is 3.39. The van der Waals surface area contributed by atoms with Gasteiger partial charge in [0.2, 0.25) is 0 Å². The van der Waals surface area contributed by atoms with Crippen molar-refractivity contribution in [1.29, 1.82) is 0 Å². The van der Waals surface area contributed by atoms with Gasteiger partial charge in [0.15, 0.2) is 0 Å². The molecule has 0 amide bonds. The second-order valence-electron chi connectivity index (χ2n) is 8.21. The van der Waals surface area contributed by atoms with Crippen molar-refractivity contribution in [1.82, 2.24) is 4.90 Å². The minimum Gasteiger partial charge on any atom is -0.497 e. The predicted molar refractivity (Wildman–Crippen MR) is 107 cm³/mol. The van der Waals surface area contributed by atoms with Crippen LogP contribution in [0.4, 0.5) is 0 Å². The van der Waals surface area contributed by atoms with Gasteiger partial charge in [-0.2, -0.15) is 0 Å². The van der Waals surface area contributed by atoms with E-state index in [2.05, 4.69) is 36.1 Å². The Morgan fingerprint density at radius 3 is 2.48 bits per heavy atom. The zero-order chi connectivity index (χ0) is 19.0. The van der Waals surface area contributed by atoms with E-state index in [1.165, 1.54) is 23.1 Å². The zero-order valence-electron chi connectivity index (χ0n) is 16.7. The van der Waals surface area contributed by atoms with Crippen molar-refractivity contribution in [3.8, 4) is 17.2 Å². The standard InChI is InChI=1S/C23H29NO3/c1-23-12-16(9-18-10-19(25-2)7-8-21(18)23)13-24(15-23)14-17-5-6-20(26-3)11-22(17)27-4/h5-8,10-11,16H,9,12-15H2,1-4H3/t16-,23+/m1/s1. The van der Waals surface area contributed by atoms with Gasteiger partial charge in [0.1, 0.15) is 17.2 Å². The monoisotopic (exact) mass is 367 g/mol. The van der Waals surface area contributed by atoms with Crippen LogP contribution in [0.15, 0.2) is 36.4 Å². The number of likely N-dealkylation sites (tertiary alicyclic amines) is 1. The molecule has 0 aromatic heterocycles. The minimum atomic E-state index is 0.197. The molecule has 2 aromatic carbocycles.